The molecular formula is C11H20N2O4S. The highest BCUT2D eigenvalue weighted by Crippen LogP contribution is 2.08. The van der Waals surface area contributed by atoms with E-state index in [1.54, 1.807) is 9.80 Å². The molecule has 0 spiro atoms. The van der Waals surface area contributed by atoms with E-state index in [1.165, 1.54) is 18.7 Å². The van der Waals surface area contributed by atoms with Gasteiger partial charge in [-0.05, 0) is 0 Å². The van der Waals surface area contributed by atoms with Gasteiger partial charge in [0.2, 0.25) is 11.8 Å². The largest absolute Gasteiger partial charge is 0.394 e. The number of thioether (sulfide) groups is 1. The van der Waals surface area contributed by atoms with Crippen molar-refractivity contribution in [2.45, 2.75) is 13.0 Å². The van der Waals surface area contributed by atoms with Crippen LogP contribution in [0, 0.1) is 0 Å². The van der Waals surface area contributed by atoms with Crippen LogP contribution in [0.5, 0.6) is 0 Å². The van der Waals surface area contributed by atoms with Crippen LogP contribution >= 0.6 is 11.8 Å². The normalized spacial score (nSPS) is 17.7. The van der Waals surface area contributed by atoms with Crippen LogP contribution in [-0.4, -0.2) is 82.2 Å². The summed E-state index contributed by atoms with van der Waals surface area (Å²) in [5, 5.41) is 17.8. The number of hydrogen-bond acceptors (Lipinski definition) is 5. The van der Waals surface area contributed by atoms with Crippen LogP contribution in [0.2, 0.25) is 0 Å². The lowest BCUT2D eigenvalue weighted by Crippen LogP contribution is -2.50. The summed E-state index contributed by atoms with van der Waals surface area (Å²) in [4.78, 5) is 26.4. The Morgan fingerprint density at radius 1 is 1.22 bits per heavy atom. The molecular weight excluding hydrogens is 256 g/mol. The molecule has 7 heteroatoms. The fourth-order valence-corrected chi connectivity index (χ4v) is 2.55. The van der Waals surface area contributed by atoms with Crippen molar-refractivity contribution in [3.05, 3.63) is 0 Å². The fraction of sp³-hybridized carbons (Fsp3) is 0.818. The molecule has 0 bridgehead atoms. The summed E-state index contributed by atoms with van der Waals surface area (Å²) >= 11 is 1.31. The Hall–Kier alpha value is -0.790. The highest BCUT2D eigenvalue weighted by molar-refractivity contribution is 7.99. The summed E-state index contributed by atoms with van der Waals surface area (Å²) in [6.07, 6.45) is -0.766. The number of hydrogen-bond donors (Lipinski definition) is 2. The van der Waals surface area contributed by atoms with Gasteiger partial charge in [-0.1, -0.05) is 0 Å². The van der Waals surface area contributed by atoms with Crippen LogP contribution in [0.3, 0.4) is 0 Å². The molecule has 1 aliphatic rings. The van der Waals surface area contributed by atoms with E-state index in [9.17, 15) is 9.59 Å². The van der Waals surface area contributed by atoms with Gasteiger partial charge in [-0.3, -0.25) is 9.59 Å². The first-order valence-electron chi connectivity index (χ1n) is 5.94. The third-order valence-electron chi connectivity index (χ3n) is 2.82. The first kappa shape index (κ1) is 15.3. The van der Waals surface area contributed by atoms with Crippen molar-refractivity contribution < 1.29 is 19.8 Å². The summed E-state index contributed by atoms with van der Waals surface area (Å²) in [5.74, 6) is 0.725. The summed E-state index contributed by atoms with van der Waals surface area (Å²) < 4.78 is 0. The van der Waals surface area contributed by atoms with Gasteiger partial charge in [0.15, 0.2) is 0 Å². The Kier molecular flexibility index (Phi) is 6.45. The Balaban J connectivity index is 2.22. The number of carbonyl (C=O) groups is 2. The van der Waals surface area contributed by atoms with Crippen LogP contribution in [0.15, 0.2) is 0 Å². The maximum Gasteiger partial charge on any atom is 0.232 e. The van der Waals surface area contributed by atoms with Crippen LogP contribution in [0.25, 0.3) is 0 Å². The van der Waals surface area contributed by atoms with Gasteiger partial charge >= 0.3 is 0 Å². The van der Waals surface area contributed by atoms with Crippen molar-refractivity contribution >= 4 is 23.6 Å². The number of nitrogens with zero attached hydrogens (tertiary/aromatic N) is 2. The average Bonchev–Trinajstić information content (AvgIpc) is 2.38. The Labute approximate surface area is 111 Å². The van der Waals surface area contributed by atoms with Gasteiger partial charge in [0.1, 0.15) is 0 Å². The van der Waals surface area contributed by atoms with Gasteiger partial charge in [-0.2, -0.15) is 0 Å². The quantitative estimate of drug-likeness (QED) is 0.657. The third-order valence-corrected chi connectivity index (χ3v) is 3.90. The minimum Gasteiger partial charge on any atom is -0.394 e. The smallest absolute Gasteiger partial charge is 0.232 e. The molecule has 1 saturated heterocycles. The first-order valence-corrected chi connectivity index (χ1v) is 7.10. The van der Waals surface area contributed by atoms with Crippen molar-refractivity contribution in [2.24, 2.45) is 0 Å². The molecule has 0 radical (unpaired) electrons. The second kappa shape index (κ2) is 7.60. The highest BCUT2D eigenvalue weighted by Gasteiger charge is 2.22. The summed E-state index contributed by atoms with van der Waals surface area (Å²) in [6.45, 7) is 3.57. The lowest BCUT2D eigenvalue weighted by molar-refractivity contribution is -0.136. The first-order chi connectivity index (χ1) is 8.54. The molecule has 1 rings (SSSR count). The zero-order valence-electron chi connectivity index (χ0n) is 10.5. The molecule has 18 heavy (non-hydrogen) atoms. The number of aliphatic hydroxyl groups excluding tert-OH is 2. The molecule has 6 nitrogen and oxygen atoms in total. The Morgan fingerprint density at radius 2 is 1.78 bits per heavy atom. The summed E-state index contributed by atoms with van der Waals surface area (Å²) in [7, 11) is 0. The van der Waals surface area contributed by atoms with E-state index in [1.807, 2.05) is 0 Å². The zero-order valence-corrected chi connectivity index (χ0v) is 11.4. The molecule has 1 atom stereocenters. The Bertz CT molecular complexity index is 293. The van der Waals surface area contributed by atoms with Crippen molar-refractivity contribution in [1.82, 2.24) is 9.80 Å². The predicted molar refractivity (Wildman–Crippen MR) is 69.3 cm³/mol. The van der Waals surface area contributed by atoms with E-state index < -0.39 is 6.10 Å². The maximum absolute atomic E-state index is 11.8. The second-order valence-electron chi connectivity index (χ2n) is 4.24. The number of piperazine rings is 1. The molecule has 0 aromatic heterocycles. The number of aliphatic hydroxyl groups is 2. The molecule has 2 N–H and O–H groups in total. The van der Waals surface area contributed by atoms with E-state index in [-0.39, 0.29) is 18.4 Å². The highest BCUT2D eigenvalue weighted by atomic mass is 32.2. The SMILES string of the molecule is CC(=O)N1CCN(C(=O)CSCC(O)CO)CC1. The maximum atomic E-state index is 11.8. The zero-order chi connectivity index (χ0) is 13.5. The molecule has 2 amide bonds. The molecule has 0 saturated carbocycles. The minimum absolute atomic E-state index is 0.0216. The second-order valence-corrected chi connectivity index (χ2v) is 5.27. The van der Waals surface area contributed by atoms with Crippen LogP contribution in [0.4, 0.5) is 0 Å². The van der Waals surface area contributed by atoms with E-state index in [2.05, 4.69) is 0 Å². The molecule has 1 unspecified atom stereocenters. The van der Waals surface area contributed by atoms with Crippen molar-refractivity contribution in [2.75, 3.05) is 44.3 Å². The molecule has 0 aromatic carbocycles. The van der Waals surface area contributed by atoms with Crippen LogP contribution < -0.4 is 0 Å². The molecule has 1 heterocycles. The van der Waals surface area contributed by atoms with E-state index in [0.717, 1.165) is 0 Å². The van der Waals surface area contributed by atoms with Crippen molar-refractivity contribution in [3.63, 3.8) is 0 Å². The van der Waals surface area contributed by atoms with E-state index in [0.29, 0.717) is 37.7 Å². The van der Waals surface area contributed by atoms with Gasteiger partial charge in [-0.25, -0.2) is 0 Å². The summed E-state index contributed by atoms with van der Waals surface area (Å²) in [6, 6.07) is 0. The van der Waals surface area contributed by atoms with Crippen molar-refractivity contribution in [1.29, 1.82) is 0 Å². The fourth-order valence-electron chi connectivity index (χ4n) is 1.70. The van der Waals surface area contributed by atoms with Crippen molar-refractivity contribution in [3.8, 4) is 0 Å². The monoisotopic (exact) mass is 276 g/mol. The Morgan fingerprint density at radius 3 is 2.28 bits per heavy atom. The molecule has 1 fully saturated rings. The standard InChI is InChI=1S/C11H20N2O4S/c1-9(15)12-2-4-13(5-3-12)11(17)8-18-7-10(16)6-14/h10,14,16H,2-8H2,1H3. The number of amides is 2. The minimum atomic E-state index is -0.766. The lowest BCUT2D eigenvalue weighted by Gasteiger charge is -2.34. The van der Waals surface area contributed by atoms with E-state index >= 15 is 0 Å². The molecule has 0 aliphatic carbocycles. The van der Waals surface area contributed by atoms with Gasteiger partial charge < -0.3 is 20.0 Å². The third kappa shape index (κ3) is 4.83. The topological polar surface area (TPSA) is 81.1 Å². The predicted octanol–water partition coefficient (Wildman–Crippen LogP) is -1.24. The average molecular weight is 276 g/mol. The van der Waals surface area contributed by atoms with Crippen LogP contribution in [-0.2, 0) is 9.59 Å². The lowest BCUT2D eigenvalue weighted by atomic mass is 10.3. The summed E-state index contributed by atoms with van der Waals surface area (Å²) in [5.41, 5.74) is 0. The van der Waals surface area contributed by atoms with Gasteiger partial charge in [0, 0.05) is 38.9 Å². The molecule has 0 aromatic rings. The van der Waals surface area contributed by atoms with E-state index in [4.69, 9.17) is 10.2 Å². The van der Waals surface area contributed by atoms with Gasteiger partial charge in [0.25, 0.3) is 0 Å². The van der Waals surface area contributed by atoms with Crippen LogP contribution in [0.1, 0.15) is 6.92 Å². The number of rotatable bonds is 5. The van der Waals surface area contributed by atoms with Gasteiger partial charge in [0.05, 0.1) is 18.5 Å². The van der Waals surface area contributed by atoms with Gasteiger partial charge in [-0.15, -0.1) is 11.8 Å². The molecule has 1 aliphatic heterocycles. The molecule has 104 valence electrons. The number of carbonyl (C=O) groups excluding carboxylic acids is 2.